The summed E-state index contributed by atoms with van der Waals surface area (Å²) >= 11 is 0. The lowest BCUT2D eigenvalue weighted by atomic mass is 9.95. The van der Waals surface area contributed by atoms with Crippen LogP contribution in [0, 0.1) is 5.92 Å². The molecule has 2 fully saturated rings. The third kappa shape index (κ3) is 2.45. The van der Waals surface area contributed by atoms with E-state index < -0.39 is 0 Å². The first-order valence-corrected chi connectivity index (χ1v) is 7.01. The van der Waals surface area contributed by atoms with Gasteiger partial charge in [-0.2, -0.15) is 5.10 Å². The quantitative estimate of drug-likeness (QED) is 0.877. The van der Waals surface area contributed by atoms with Crippen LogP contribution in [0.25, 0.3) is 0 Å². The van der Waals surface area contributed by atoms with Gasteiger partial charge in [0, 0.05) is 44.5 Å². The van der Waals surface area contributed by atoms with Crippen LogP contribution in [0.1, 0.15) is 32.4 Å². The molecule has 1 aliphatic heterocycles. The number of hydrogen-bond acceptors (Lipinski definition) is 3. The van der Waals surface area contributed by atoms with Gasteiger partial charge in [-0.05, 0) is 38.7 Å². The number of piperazine rings is 1. The molecule has 4 nitrogen and oxygen atoms in total. The lowest BCUT2D eigenvalue weighted by Crippen LogP contribution is -2.62. The molecule has 4 heteroatoms. The van der Waals surface area contributed by atoms with Gasteiger partial charge < -0.3 is 5.32 Å². The molecule has 1 N–H and O–H groups in total. The number of aromatic nitrogens is 2. The van der Waals surface area contributed by atoms with Crippen LogP contribution in [0.5, 0.6) is 0 Å². The van der Waals surface area contributed by atoms with E-state index in [1.54, 1.807) is 0 Å². The van der Waals surface area contributed by atoms with Gasteiger partial charge in [-0.3, -0.25) is 9.58 Å². The Kier molecular flexibility index (Phi) is 2.94. The van der Waals surface area contributed by atoms with Crippen molar-refractivity contribution in [3.63, 3.8) is 0 Å². The van der Waals surface area contributed by atoms with Gasteiger partial charge >= 0.3 is 0 Å². The molecule has 0 spiro atoms. The monoisotopic (exact) mass is 248 g/mol. The summed E-state index contributed by atoms with van der Waals surface area (Å²) in [5.74, 6) is 0.923. The van der Waals surface area contributed by atoms with E-state index >= 15 is 0 Å². The summed E-state index contributed by atoms with van der Waals surface area (Å²) in [6.07, 6.45) is 4.86. The second kappa shape index (κ2) is 4.35. The topological polar surface area (TPSA) is 33.1 Å². The lowest BCUT2D eigenvalue weighted by Gasteiger charge is -2.46. The average Bonchev–Trinajstić information content (AvgIpc) is 3.06. The molecule has 0 bridgehead atoms. The molecular weight excluding hydrogens is 224 g/mol. The van der Waals surface area contributed by atoms with Crippen LogP contribution in [-0.4, -0.2) is 39.4 Å². The van der Waals surface area contributed by atoms with Gasteiger partial charge in [-0.15, -0.1) is 0 Å². The summed E-state index contributed by atoms with van der Waals surface area (Å²) in [6.45, 7) is 7.87. The zero-order valence-electron chi connectivity index (χ0n) is 11.7. The fraction of sp³-hybridized carbons (Fsp3) is 0.786. The molecule has 1 aliphatic carbocycles. The Bertz CT molecular complexity index is 419. The van der Waals surface area contributed by atoms with E-state index in [0.29, 0.717) is 6.04 Å². The third-order valence-corrected chi connectivity index (χ3v) is 4.38. The molecule has 2 aliphatic rings. The number of hydrogen-bond donors (Lipinski definition) is 1. The molecule has 18 heavy (non-hydrogen) atoms. The molecule has 100 valence electrons. The molecule has 3 rings (SSSR count). The van der Waals surface area contributed by atoms with E-state index in [1.807, 2.05) is 17.9 Å². The molecule has 1 atom stereocenters. The maximum absolute atomic E-state index is 4.51. The smallest absolute Gasteiger partial charge is 0.0764 e. The van der Waals surface area contributed by atoms with E-state index in [9.17, 15) is 0 Å². The predicted octanol–water partition coefficient (Wildman–Crippen LogP) is 1.38. The SMILES string of the molecule is Cn1ccc(CN2CC(C3CC3)NCC2(C)C)n1. The lowest BCUT2D eigenvalue weighted by molar-refractivity contribution is 0.0521. The largest absolute Gasteiger partial charge is 0.311 e. The summed E-state index contributed by atoms with van der Waals surface area (Å²) in [6, 6.07) is 2.83. The van der Waals surface area contributed by atoms with Crippen molar-refractivity contribution in [2.45, 2.75) is 44.8 Å². The Morgan fingerprint density at radius 1 is 1.44 bits per heavy atom. The number of aryl methyl sites for hydroxylation is 1. The Morgan fingerprint density at radius 2 is 2.22 bits per heavy atom. The van der Waals surface area contributed by atoms with Crippen molar-refractivity contribution in [2.75, 3.05) is 13.1 Å². The molecule has 0 radical (unpaired) electrons. The highest BCUT2D eigenvalue weighted by molar-refractivity contribution is 5.04. The maximum atomic E-state index is 4.51. The van der Waals surface area contributed by atoms with E-state index in [1.165, 1.54) is 18.5 Å². The predicted molar refractivity (Wildman–Crippen MR) is 72.2 cm³/mol. The summed E-state index contributed by atoms with van der Waals surface area (Å²) in [4.78, 5) is 2.59. The van der Waals surface area contributed by atoms with Crippen molar-refractivity contribution in [3.8, 4) is 0 Å². The highest BCUT2D eigenvalue weighted by Gasteiger charge is 2.40. The van der Waals surface area contributed by atoms with Crippen molar-refractivity contribution in [3.05, 3.63) is 18.0 Å². The summed E-state index contributed by atoms with van der Waals surface area (Å²) in [5.41, 5.74) is 1.41. The standard InChI is InChI=1S/C14H24N4/c1-14(2)10-15-13(11-4-5-11)9-18(14)8-12-6-7-17(3)16-12/h6-7,11,13,15H,4-5,8-10H2,1-3H3. The Hall–Kier alpha value is -0.870. The Balaban J connectivity index is 1.70. The first kappa shape index (κ1) is 12.2. The van der Waals surface area contributed by atoms with E-state index in [4.69, 9.17) is 0 Å². The van der Waals surface area contributed by atoms with E-state index in [-0.39, 0.29) is 5.54 Å². The Labute approximate surface area is 109 Å². The fourth-order valence-corrected chi connectivity index (χ4v) is 2.88. The van der Waals surface area contributed by atoms with Crippen LogP contribution < -0.4 is 5.32 Å². The van der Waals surface area contributed by atoms with Gasteiger partial charge in [-0.25, -0.2) is 0 Å². The number of rotatable bonds is 3. The van der Waals surface area contributed by atoms with Crippen LogP contribution in [0.15, 0.2) is 12.3 Å². The van der Waals surface area contributed by atoms with Crippen molar-refractivity contribution in [1.29, 1.82) is 0 Å². The fourth-order valence-electron chi connectivity index (χ4n) is 2.88. The van der Waals surface area contributed by atoms with E-state index in [0.717, 1.165) is 25.6 Å². The van der Waals surface area contributed by atoms with Gasteiger partial charge in [0.25, 0.3) is 0 Å². The van der Waals surface area contributed by atoms with Gasteiger partial charge in [0.15, 0.2) is 0 Å². The van der Waals surface area contributed by atoms with Gasteiger partial charge in [0.2, 0.25) is 0 Å². The van der Waals surface area contributed by atoms with Crippen LogP contribution in [0.4, 0.5) is 0 Å². The minimum absolute atomic E-state index is 0.225. The molecule has 1 saturated carbocycles. The van der Waals surface area contributed by atoms with Crippen LogP contribution in [0.3, 0.4) is 0 Å². The van der Waals surface area contributed by atoms with Crippen molar-refractivity contribution >= 4 is 0 Å². The molecule has 2 heterocycles. The zero-order valence-corrected chi connectivity index (χ0v) is 11.7. The molecule has 1 aromatic heterocycles. The average molecular weight is 248 g/mol. The minimum Gasteiger partial charge on any atom is -0.311 e. The zero-order chi connectivity index (χ0) is 12.8. The second-order valence-electron chi connectivity index (χ2n) is 6.50. The maximum Gasteiger partial charge on any atom is 0.0764 e. The van der Waals surface area contributed by atoms with Gasteiger partial charge in [0.1, 0.15) is 0 Å². The summed E-state index contributed by atoms with van der Waals surface area (Å²) < 4.78 is 1.89. The normalized spacial score (nSPS) is 28.5. The molecule has 1 aromatic rings. The number of nitrogens with zero attached hydrogens (tertiary/aromatic N) is 3. The van der Waals surface area contributed by atoms with Crippen molar-refractivity contribution < 1.29 is 0 Å². The third-order valence-electron chi connectivity index (χ3n) is 4.38. The second-order valence-corrected chi connectivity index (χ2v) is 6.50. The first-order chi connectivity index (χ1) is 8.54. The van der Waals surface area contributed by atoms with Gasteiger partial charge in [0.05, 0.1) is 5.69 Å². The summed E-state index contributed by atoms with van der Waals surface area (Å²) in [7, 11) is 1.99. The Morgan fingerprint density at radius 3 is 2.83 bits per heavy atom. The molecule has 0 aromatic carbocycles. The molecule has 1 unspecified atom stereocenters. The van der Waals surface area contributed by atoms with E-state index in [2.05, 4.69) is 35.2 Å². The van der Waals surface area contributed by atoms with Crippen molar-refractivity contribution in [1.82, 2.24) is 20.0 Å². The molecule has 0 amide bonds. The molecule has 1 saturated heterocycles. The van der Waals surface area contributed by atoms with Crippen LogP contribution in [-0.2, 0) is 13.6 Å². The highest BCUT2D eigenvalue weighted by Crippen LogP contribution is 2.35. The highest BCUT2D eigenvalue weighted by atomic mass is 15.3. The van der Waals surface area contributed by atoms with Gasteiger partial charge in [-0.1, -0.05) is 0 Å². The summed E-state index contributed by atoms with van der Waals surface area (Å²) in [5, 5.41) is 8.24. The van der Waals surface area contributed by atoms with Crippen molar-refractivity contribution in [2.24, 2.45) is 13.0 Å². The molecular formula is C14H24N4. The minimum atomic E-state index is 0.225. The number of nitrogens with one attached hydrogen (secondary N) is 1. The first-order valence-electron chi connectivity index (χ1n) is 7.01. The van der Waals surface area contributed by atoms with Crippen LogP contribution >= 0.6 is 0 Å². The van der Waals surface area contributed by atoms with Crippen LogP contribution in [0.2, 0.25) is 0 Å².